The van der Waals surface area contributed by atoms with E-state index in [2.05, 4.69) is 0 Å². The standard InChI is InChI=1S/C14H9Cl2FO/c1-8-4-9(6-10(15)5-8)14(18)12-7-11(17)2-3-13(12)16/h2-7H,1H3. The van der Waals surface area contributed by atoms with Crippen molar-refractivity contribution in [2.24, 2.45) is 0 Å². The van der Waals surface area contributed by atoms with E-state index in [1.165, 1.54) is 18.2 Å². The second-order valence-corrected chi connectivity index (χ2v) is 4.81. The van der Waals surface area contributed by atoms with Crippen LogP contribution in [0.3, 0.4) is 0 Å². The Kier molecular flexibility index (Phi) is 3.69. The highest BCUT2D eigenvalue weighted by molar-refractivity contribution is 6.35. The van der Waals surface area contributed by atoms with Crippen molar-refractivity contribution in [1.82, 2.24) is 0 Å². The average Bonchev–Trinajstić information content (AvgIpc) is 2.30. The smallest absolute Gasteiger partial charge is 0.194 e. The van der Waals surface area contributed by atoms with Gasteiger partial charge in [0.15, 0.2) is 5.78 Å². The van der Waals surface area contributed by atoms with Crippen molar-refractivity contribution in [2.75, 3.05) is 0 Å². The van der Waals surface area contributed by atoms with Crippen LogP contribution in [0.4, 0.5) is 4.39 Å². The Morgan fingerprint density at radius 1 is 1.11 bits per heavy atom. The molecule has 0 aliphatic heterocycles. The van der Waals surface area contributed by atoms with Gasteiger partial charge < -0.3 is 0 Å². The van der Waals surface area contributed by atoms with E-state index < -0.39 is 5.82 Å². The van der Waals surface area contributed by atoms with Crippen molar-refractivity contribution < 1.29 is 9.18 Å². The second-order valence-electron chi connectivity index (χ2n) is 3.97. The lowest BCUT2D eigenvalue weighted by Gasteiger charge is -2.05. The Bertz CT molecular complexity index is 603. The Morgan fingerprint density at radius 3 is 2.50 bits per heavy atom. The minimum atomic E-state index is -0.499. The summed E-state index contributed by atoms with van der Waals surface area (Å²) in [5.74, 6) is -0.841. The second kappa shape index (κ2) is 5.09. The molecule has 0 saturated heterocycles. The summed E-state index contributed by atoms with van der Waals surface area (Å²) in [6.07, 6.45) is 0. The lowest BCUT2D eigenvalue weighted by atomic mass is 10.0. The lowest BCUT2D eigenvalue weighted by Crippen LogP contribution is -2.03. The average molecular weight is 283 g/mol. The molecule has 0 saturated carbocycles. The van der Waals surface area contributed by atoms with Crippen molar-refractivity contribution in [3.63, 3.8) is 0 Å². The first-order chi connectivity index (χ1) is 8.47. The van der Waals surface area contributed by atoms with Crippen LogP contribution in [0.1, 0.15) is 21.5 Å². The predicted octanol–water partition coefficient (Wildman–Crippen LogP) is 4.67. The van der Waals surface area contributed by atoms with Crippen LogP contribution in [0.25, 0.3) is 0 Å². The van der Waals surface area contributed by atoms with Crippen LogP contribution in [-0.2, 0) is 0 Å². The summed E-state index contributed by atoms with van der Waals surface area (Å²) in [5, 5.41) is 0.685. The number of hydrogen-bond acceptors (Lipinski definition) is 1. The van der Waals surface area contributed by atoms with Gasteiger partial charge >= 0.3 is 0 Å². The Hall–Kier alpha value is -1.38. The fourth-order valence-electron chi connectivity index (χ4n) is 1.69. The largest absolute Gasteiger partial charge is 0.289 e. The van der Waals surface area contributed by atoms with Crippen LogP contribution < -0.4 is 0 Å². The SMILES string of the molecule is Cc1cc(Cl)cc(C(=O)c2cc(F)ccc2Cl)c1. The molecule has 0 bridgehead atoms. The van der Waals surface area contributed by atoms with E-state index in [9.17, 15) is 9.18 Å². The molecule has 0 unspecified atom stereocenters. The van der Waals surface area contributed by atoms with Gasteiger partial charge in [0, 0.05) is 16.1 Å². The predicted molar refractivity (Wildman–Crippen MR) is 71.0 cm³/mol. The number of benzene rings is 2. The molecule has 0 N–H and O–H groups in total. The topological polar surface area (TPSA) is 17.1 Å². The maximum Gasteiger partial charge on any atom is 0.194 e. The summed E-state index contributed by atoms with van der Waals surface area (Å²) < 4.78 is 13.1. The van der Waals surface area contributed by atoms with Gasteiger partial charge in [0.2, 0.25) is 0 Å². The molecule has 2 rings (SSSR count). The van der Waals surface area contributed by atoms with Gasteiger partial charge in [0.1, 0.15) is 5.82 Å². The highest BCUT2D eigenvalue weighted by atomic mass is 35.5. The number of carbonyl (C=O) groups is 1. The Morgan fingerprint density at radius 2 is 1.83 bits per heavy atom. The van der Waals surface area contributed by atoms with E-state index in [4.69, 9.17) is 23.2 Å². The van der Waals surface area contributed by atoms with E-state index in [0.717, 1.165) is 11.6 Å². The number of carbonyl (C=O) groups excluding carboxylic acids is 1. The molecule has 0 aliphatic carbocycles. The van der Waals surface area contributed by atoms with Gasteiger partial charge in [-0.05, 0) is 48.9 Å². The van der Waals surface area contributed by atoms with Crippen LogP contribution >= 0.6 is 23.2 Å². The van der Waals surface area contributed by atoms with Crippen molar-refractivity contribution in [2.45, 2.75) is 6.92 Å². The summed E-state index contributed by atoms with van der Waals surface area (Å²) in [5.41, 5.74) is 1.39. The highest BCUT2D eigenvalue weighted by Crippen LogP contribution is 2.23. The Labute approximate surface area is 114 Å². The van der Waals surface area contributed by atoms with E-state index >= 15 is 0 Å². The molecule has 2 aromatic rings. The Balaban J connectivity index is 2.51. The molecule has 0 heterocycles. The lowest BCUT2D eigenvalue weighted by molar-refractivity contribution is 0.103. The summed E-state index contributed by atoms with van der Waals surface area (Å²) in [6, 6.07) is 8.67. The molecule has 4 heteroatoms. The first-order valence-corrected chi connectivity index (χ1v) is 6.00. The normalized spacial score (nSPS) is 10.4. The molecular weight excluding hydrogens is 274 g/mol. The van der Waals surface area contributed by atoms with Gasteiger partial charge in [-0.2, -0.15) is 0 Å². The van der Waals surface area contributed by atoms with Crippen LogP contribution in [-0.4, -0.2) is 5.78 Å². The zero-order chi connectivity index (χ0) is 13.3. The minimum absolute atomic E-state index is 0.137. The number of halogens is 3. The van der Waals surface area contributed by atoms with Gasteiger partial charge in [-0.1, -0.05) is 23.2 Å². The molecule has 0 atom stereocenters. The number of aryl methyl sites for hydroxylation is 1. The third-order valence-corrected chi connectivity index (χ3v) is 3.03. The van der Waals surface area contributed by atoms with Gasteiger partial charge in [-0.25, -0.2) is 4.39 Å². The van der Waals surface area contributed by atoms with E-state index in [-0.39, 0.29) is 16.4 Å². The summed E-state index contributed by atoms with van der Waals surface area (Å²) >= 11 is 11.8. The number of ketones is 1. The molecule has 0 spiro atoms. The molecule has 0 amide bonds. The molecule has 0 radical (unpaired) electrons. The van der Waals surface area contributed by atoms with Gasteiger partial charge in [-0.15, -0.1) is 0 Å². The van der Waals surface area contributed by atoms with Crippen LogP contribution in [0.2, 0.25) is 10.0 Å². The number of hydrogen-bond donors (Lipinski definition) is 0. The van der Waals surface area contributed by atoms with Crippen molar-refractivity contribution in [3.8, 4) is 0 Å². The summed E-state index contributed by atoms with van der Waals surface area (Å²) in [7, 11) is 0. The van der Waals surface area contributed by atoms with Gasteiger partial charge in [0.05, 0.1) is 5.02 Å². The molecule has 92 valence electrons. The van der Waals surface area contributed by atoms with Gasteiger partial charge in [-0.3, -0.25) is 4.79 Å². The van der Waals surface area contributed by atoms with E-state index in [0.29, 0.717) is 10.6 Å². The maximum absolute atomic E-state index is 13.1. The molecule has 0 aromatic heterocycles. The minimum Gasteiger partial charge on any atom is -0.289 e. The van der Waals surface area contributed by atoms with Crippen molar-refractivity contribution in [1.29, 1.82) is 0 Å². The molecule has 1 nitrogen and oxygen atoms in total. The third-order valence-electron chi connectivity index (χ3n) is 2.48. The monoisotopic (exact) mass is 282 g/mol. The first kappa shape index (κ1) is 13.1. The number of rotatable bonds is 2. The zero-order valence-corrected chi connectivity index (χ0v) is 11.0. The molecule has 0 fully saturated rings. The van der Waals surface area contributed by atoms with Crippen molar-refractivity contribution >= 4 is 29.0 Å². The third kappa shape index (κ3) is 2.71. The quantitative estimate of drug-likeness (QED) is 0.732. The summed E-state index contributed by atoms with van der Waals surface area (Å²) in [4.78, 5) is 12.2. The fraction of sp³-hybridized carbons (Fsp3) is 0.0714. The zero-order valence-electron chi connectivity index (χ0n) is 9.51. The van der Waals surface area contributed by atoms with Crippen LogP contribution in [0.15, 0.2) is 36.4 Å². The highest BCUT2D eigenvalue weighted by Gasteiger charge is 2.14. The molecule has 2 aromatic carbocycles. The van der Waals surface area contributed by atoms with Crippen LogP contribution in [0.5, 0.6) is 0 Å². The molecule has 0 aliphatic rings. The first-order valence-electron chi connectivity index (χ1n) is 5.24. The maximum atomic E-state index is 13.1. The van der Waals surface area contributed by atoms with E-state index in [1.807, 2.05) is 6.92 Å². The van der Waals surface area contributed by atoms with E-state index in [1.54, 1.807) is 12.1 Å². The molecular formula is C14H9Cl2FO. The fourth-order valence-corrected chi connectivity index (χ4v) is 2.19. The molecule has 18 heavy (non-hydrogen) atoms. The van der Waals surface area contributed by atoms with Crippen molar-refractivity contribution in [3.05, 3.63) is 69.0 Å². The summed E-state index contributed by atoms with van der Waals surface area (Å²) in [6.45, 7) is 1.83. The van der Waals surface area contributed by atoms with Crippen LogP contribution in [0, 0.1) is 12.7 Å². The van der Waals surface area contributed by atoms with Gasteiger partial charge in [0.25, 0.3) is 0 Å².